The van der Waals surface area contributed by atoms with Crippen molar-refractivity contribution in [3.63, 3.8) is 0 Å². The van der Waals surface area contributed by atoms with Crippen LogP contribution in [0.3, 0.4) is 0 Å². The van der Waals surface area contributed by atoms with Crippen molar-refractivity contribution in [2.24, 2.45) is 13.0 Å². The van der Waals surface area contributed by atoms with E-state index >= 15 is 0 Å². The molecule has 3 amide bonds. The Morgan fingerprint density at radius 1 is 1.32 bits per heavy atom. The zero-order chi connectivity index (χ0) is 15.9. The van der Waals surface area contributed by atoms with E-state index in [4.69, 9.17) is 0 Å². The van der Waals surface area contributed by atoms with Gasteiger partial charge in [0.15, 0.2) is 0 Å². The third-order valence-electron chi connectivity index (χ3n) is 4.01. The summed E-state index contributed by atoms with van der Waals surface area (Å²) in [5.41, 5.74) is 0.951. The summed E-state index contributed by atoms with van der Waals surface area (Å²) in [6.45, 7) is 2.78. The zero-order valence-corrected chi connectivity index (χ0v) is 13.3. The number of carbonyl (C=O) groups excluding carboxylic acids is 2. The number of hydrogen-bond donors (Lipinski definition) is 3. The van der Waals surface area contributed by atoms with Crippen molar-refractivity contribution in [2.45, 2.75) is 38.6 Å². The number of urea groups is 1. The van der Waals surface area contributed by atoms with E-state index in [9.17, 15) is 9.59 Å². The van der Waals surface area contributed by atoms with E-state index in [2.05, 4.69) is 21.0 Å². The van der Waals surface area contributed by atoms with Gasteiger partial charge in [0.2, 0.25) is 5.91 Å². The third kappa shape index (κ3) is 4.75. The average molecular weight is 307 g/mol. The number of nitrogens with zero attached hydrogens (tertiary/aromatic N) is 2. The van der Waals surface area contributed by atoms with Crippen LogP contribution in [-0.2, 0) is 11.8 Å². The lowest BCUT2D eigenvalue weighted by Crippen LogP contribution is -2.41. The standard InChI is InChI=1S/C15H25N5O2/c1-11(13-9-18-20(2)10-13)19-15(22)17-8-7-16-14(21)12-5-3-4-6-12/h9-12H,3-8H2,1-2H3,(H,16,21)(H2,17,19,22)/t11-/m1/s1. The minimum Gasteiger partial charge on any atom is -0.354 e. The number of nitrogens with one attached hydrogen (secondary N) is 3. The highest BCUT2D eigenvalue weighted by Gasteiger charge is 2.21. The molecule has 1 aromatic rings. The largest absolute Gasteiger partial charge is 0.354 e. The van der Waals surface area contributed by atoms with Gasteiger partial charge in [0, 0.05) is 37.8 Å². The molecule has 0 unspecified atom stereocenters. The lowest BCUT2D eigenvalue weighted by Gasteiger charge is -2.14. The normalized spacial score (nSPS) is 16.3. The number of aryl methyl sites for hydroxylation is 1. The van der Waals surface area contributed by atoms with Crippen molar-refractivity contribution in [3.8, 4) is 0 Å². The van der Waals surface area contributed by atoms with Crippen LogP contribution in [0.1, 0.15) is 44.2 Å². The molecule has 0 saturated heterocycles. The van der Waals surface area contributed by atoms with Gasteiger partial charge in [0.1, 0.15) is 0 Å². The van der Waals surface area contributed by atoms with Crippen LogP contribution < -0.4 is 16.0 Å². The topological polar surface area (TPSA) is 88.1 Å². The summed E-state index contributed by atoms with van der Waals surface area (Å²) in [5.74, 6) is 0.280. The summed E-state index contributed by atoms with van der Waals surface area (Å²) in [6.07, 6.45) is 7.86. The van der Waals surface area contributed by atoms with Gasteiger partial charge in [-0.3, -0.25) is 9.48 Å². The Morgan fingerprint density at radius 3 is 2.64 bits per heavy atom. The molecular formula is C15H25N5O2. The summed E-state index contributed by atoms with van der Waals surface area (Å²) in [6, 6.07) is -0.353. The van der Waals surface area contributed by atoms with Crippen LogP contribution in [0.5, 0.6) is 0 Å². The Kier molecular flexibility index (Phi) is 5.80. The van der Waals surface area contributed by atoms with Crippen molar-refractivity contribution in [3.05, 3.63) is 18.0 Å². The van der Waals surface area contributed by atoms with Gasteiger partial charge in [-0.2, -0.15) is 5.10 Å². The molecule has 7 heteroatoms. The molecule has 2 rings (SSSR count). The van der Waals surface area contributed by atoms with Gasteiger partial charge in [-0.1, -0.05) is 12.8 Å². The fourth-order valence-corrected chi connectivity index (χ4v) is 2.69. The van der Waals surface area contributed by atoms with Crippen molar-refractivity contribution >= 4 is 11.9 Å². The summed E-state index contributed by atoms with van der Waals surface area (Å²) in [4.78, 5) is 23.6. The first-order valence-corrected chi connectivity index (χ1v) is 7.87. The highest BCUT2D eigenvalue weighted by atomic mass is 16.2. The molecule has 1 heterocycles. The average Bonchev–Trinajstić information content (AvgIpc) is 3.14. The van der Waals surface area contributed by atoms with Crippen LogP contribution in [-0.4, -0.2) is 34.8 Å². The molecule has 1 saturated carbocycles. The second-order valence-electron chi connectivity index (χ2n) is 5.84. The maximum absolute atomic E-state index is 11.8. The van der Waals surface area contributed by atoms with E-state index in [0.29, 0.717) is 13.1 Å². The SMILES string of the molecule is C[C@@H](NC(=O)NCCNC(=O)C1CCCC1)c1cnn(C)c1. The second-order valence-corrected chi connectivity index (χ2v) is 5.84. The van der Waals surface area contributed by atoms with Gasteiger partial charge in [0.25, 0.3) is 0 Å². The first-order valence-electron chi connectivity index (χ1n) is 7.87. The second kappa shape index (κ2) is 7.82. The molecule has 0 aromatic carbocycles. The van der Waals surface area contributed by atoms with E-state index in [1.165, 1.54) is 0 Å². The Balaban J connectivity index is 1.60. The van der Waals surface area contributed by atoms with E-state index in [1.807, 2.05) is 20.2 Å². The van der Waals surface area contributed by atoms with Gasteiger partial charge < -0.3 is 16.0 Å². The van der Waals surface area contributed by atoms with Gasteiger partial charge >= 0.3 is 6.03 Å². The summed E-state index contributed by atoms with van der Waals surface area (Å²) >= 11 is 0. The van der Waals surface area contributed by atoms with Crippen molar-refractivity contribution < 1.29 is 9.59 Å². The highest BCUT2D eigenvalue weighted by Crippen LogP contribution is 2.24. The Morgan fingerprint density at radius 2 is 2.00 bits per heavy atom. The summed E-state index contributed by atoms with van der Waals surface area (Å²) in [7, 11) is 1.84. The monoisotopic (exact) mass is 307 g/mol. The Labute approximate surface area is 130 Å². The molecule has 0 radical (unpaired) electrons. The van der Waals surface area contributed by atoms with E-state index < -0.39 is 0 Å². The first-order chi connectivity index (χ1) is 10.6. The van der Waals surface area contributed by atoms with Gasteiger partial charge in [0.05, 0.1) is 12.2 Å². The Hall–Kier alpha value is -2.05. The molecule has 3 N–H and O–H groups in total. The van der Waals surface area contributed by atoms with E-state index in [0.717, 1.165) is 31.2 Å². The van der Waals surface area contributed by atoms with E-state index in [1.54, 1.807) is 10.9 Å². The maximum atomic E-state index is 11.8. The van der Waals surface area contributed by atoms with Crippen LogP contribution in [0.4, 0.5) is 4.79 Å². The smallest absolute Gasteiger partial charge is 0.315 e. The van der Waals surface area contributed by atoms with Crippen LogP contribution >= 0.6 is 0 Å². The predicted molar refractivity (Wildman–Crippen MR) is 83.1 cm³/mol. The molecule has 0 bridgehead atoms. The fraction of sp³-hybridized carbons (Fsp3) is 0.667. The molecular weight excluding hydrogens is 282 g/mol. The van der Waals surface area contributed by atoms with Crippen LogP contribution in [0.2, 0.25) is 0 Å². The molecule has 0 aliphatic heterocycles. The molecule has 1 aliphatic carbocycles. The molecule has 1 fully saturated rings. The van der Waals surface area contributed by atoms with Gasteiger partial charge in [-0.05, 0) is 19.8 Å². The van der Waals surface area contributed by atoms with E-state index in [-0.39, 0.29) is 23.9 Å². The number of carbonyl (C=O) groups is 2. The number of aromatic nitrogens is 2. The van der Waals surface area contributed by atoms with Crippen LogP contribution in [0.25, 0.3) is 0 Å². The number of amides is 3. The molecule has 1 atom stereocenters. The quantitative estimate of drug-likeness (QED) is 0.687. The number of hydrogen-bond acceptors (Lipinski definition) is 3. The Bertz CT molecular complexity index is 508. The van der Waals surface area contributed by atoms with Crippen molar-refractivity contribution in [1.82, 2.24) is 25.7 Å². The predicted octanol–water partition coefficient (Wildman–Crippen LogP) is 1.09. The minimum absolute atomic E-state index is 0.109. The third-order valence-corrected chi connectivity index (χ3v) is 4.01. The molecule has 1 aliphatic rings. The van der Waals surface area contributed by atoms with Crippen LogP contribution in [0.15, 0.2) is 12.4 Å². The lowest BCUT2D eigenvalue weighted by atomic mass is 10.1. The number of rotatable bonds is 6. The molecule has 0 spiro atoms. The molecule has 7 nitrogen and oxygen atoms in total. The van der Waals surface area contributed by atoms with Crippen molar-refractivity contribution in [1.29, 1.82) is 0 Å². The van der Waals surface area contributed by atoms with Gasteiger partial charge in [-0.25, -0.2) is 4.79 Å². The minimum atomic E-state index is -0.244. The zero-order valence-electron chi connectivity index (χ0n) is 13.3. The highest BCUT2D eigenvalue weighted by molar-refractivity contribution is 5.79. The lowest BCUT2D eigenvalue weighted by molar-refractivity contribution is -0.124. The maximum Gasteiger partial charge on any atom is 0.315 e. The first kappa shape index (κ1) is 16.3. The van der Waals surface area contributed by atoms with Gasteiger partial charge in [-0.15, -0.1) is 0 Å². The molecule has 1 aromatic heterocycles. The molecule has 22 heavy (non-hydrogen) atoms. The fourth-order valence-electron chi connectivity index (χ4n) is 2.69. The van der Waals surface area contributed by atoms with Crippen LogP contribution in [0, 0.1) is 5.92 Å². The van der Waals surface area contributed by atoms with Crippen molar-refractivity contribution in [2.75, 3.05) is 13.1 Å². The summed E-state index contributed by atoms with van der Waals surface area (Å²) < 4.78 is 1.70. The molecule has 122 valence electrons. The summed E-state index contributed by atoms with van der Waals surface area (Å²) in [5, 5.41) is 12.5.